The first-order valence-corrected chi connectivity index (χ1v) is 6.28. The van der Waals surface area contributed by atoms with Crippen LogP contribution in [0, 0.1) is 0 Å². The van der Waals surface area contributed by atoms with Crippen molar-refractivity contribution in [2.45, 2.75) is 52.4 Å². The maximum Gasteiger partial charge on any atom is 0.334 e. The van der Waals surface area contributed by atoms with E-state index in [1.54, 1.807) is 0 Å². The molecule has 0 radical (unpaired) electrons. The van der Waals surface area contributed by atoms with E-state index in [4.69, 9.17) is 10.5 Å². The molecule has 17 heavy (non-hydrogen) atoms. The van der Waals surface area contributed by atoms with Gasteiger partial charge in [-0.15, -0.1) is 0 Å². The van der Waals surface area contributed by atoms with Crippen LogP contribution in [0.25, 0.3) is 0 Å². The van der Waals surface area contributed by atoms with Gasteiger partial charge in [-0.1, -0.05) is 39.5 Å². The number of hydrogen-bond acceptors (Lipinski definition) is 3. The molecule has 0 aromatic carbocycles. The Labute approximate surface area is 103 Å². The van der Waals surface area contributed by atoms with Gasteiger partial charge >= 0.3 is 5.97 Å². The highest BCUT2D eigenvalue weighted by molar-refractivity contribution is 5.97. The molecule has 0 saturated heterocycles. The van der Waals surface area contributed by atoms with Crippen molar-refractivity contribution >= 4 is 11.9 Å². The molecular weight excluding hydrogens is 218 g/mol. The van der Waals surface area contributed by atoms with Crippen molar-refractivity contribution in [3.05, 3.63) is 11.6 Å². The van der Waals surface area contributed by atoms with Gasteiger partial charge in [0.15, 0.2) is 0 Å². The van der Waals surface area contributed by atoms with Crippen molar-refractivity contribution in [1.29, 1.82) is 0 Å². The third kappa shape index (κ3) is 8.48. The first-order valence-electron chi connectivity index (χ1n) is 6.28. The standard InChI is InChI=1S/C13H23NO3/c1-3-5-6-7-9-17-13(16)11(8-4-2)10-12(14)15/h10H,3-9H2,1-2H3,(H2,14,15). The number of carbonyl (C=O) groups is 2. The molecule has 0 rings (SSSR count). The van der Waals surface area contributed by atoms with Crippen LogP contribution in [0.15, 0.2) is 11.6 Å². The second kappa shape index (κ2) is 9.87. The summed E-state index contributed by atoms with van der Waals surface area (Å²) in [6.07, 6.45) is 6.70. The van der Waals surface area contributed by atoms with E-state index in [0.717, 1.165) is 38.2 Å². The van der Waals surface area contributed by atoms with Gasteiger partial charge in [-0.2, -0.15) is 0 Å². The molecule has 2 N–H and O–H groups in total. The van der Waals surface area contributed by atoms with Crippen LogP contribution in [0.4, 0.5) is 0 Å². The minimum atomic E-state index is -0.601. The first-order chi connectivity index (χ1) is 8.11. The summed E-state index contributed by atoms with van der Waals surface area (Å²) in [6, 6.07) is 0. The summed E-state index contributed by atoms with van der Waals surface area (Å²) in [5, 5.41) is 0. The van der Waals surface area contributed by atoms with Crippen LogP contribution < -0.4 is 5.73 Å². The zero-order chi connectivity index (χ0) is 13.1. The third-order valence-electron chi connectivity index (χ3n) is 2.33. The van der Waals surface area contributed by atoms with Crippen molar-refractivity contribution in [2.75, 3.05) is 6.61 Å². The van der Waals surface area contributed by atoms with Gasteiger partial charge in [0.05, 0.1) is 6.61 Å². The quantitative estimate of drug-likeness (QED) is 0.382. The molecule has 0 aliphatic carbocycles. The first kappa shape index (κ1) is 15.7. The van der Waals surface area contributed by atoms with Crippen LogP contribution in [-0.2, 0) is 14.3 Å². The second-order valence-corrected chi connectivity index (χ2v) is 4.02. The van der Waals surface area contributed by atoms with Crippen molar-refractivity contribution in [3.63, 3.8) is 0 Å². The van der Waals surface area contributed by atoms with E-state index in [9.17, 15) is 9.59 Å². The zero-order valence-corrected chi connectivity index (χ0v) is 10.8. The molecule has 0 fully saturated rings. The van der Waals surface area contributed by atoms with Gasteiger partial charge in [-0.05, 0) is 12.8 Å². The Kier molecular flexibility index (Phi) is 9.11. The van der Waals surface area contributed by atoms with Crippen LogP contribution in [0.3, 0.4) is 0 Å². The predicted molar refractivity (Wildman–Crippen MR) is 67.3 cm³/mol. The minimum Gasteiger partial charge on any atom is -0.462 e. The Morgan fingerprint density at radius 1 is 1.12 bits per heavy atom. The second-order valence-electron chi connectivity index (χ2n) is 4.02. The maximum atomic E-state index is 11.6. The van der Waals surface area contributed by atoms with Crippen LogP contribution in [0.5, 0.6) is 0 Å². The molecule has 0 aromatic rings. The number of amides is 1. The smallest absolute Gasteiger partial charge is 0.334 e. The molecule has 4 nitrogen and oxygen atoms in total. The number of ether oxygens (including phenoxy) is 1. The Balaban J connectivity index is 4.02. The molecule has 0 unspecified atom stereocenters. The Bertz CT molecular complexity index is 272. The molecule has 0 aliphatic rings. The number of carbonyl (C=O) groups excluding carboxylic acids is 2. The van der Waals surface area contributed by atoms with E-state index in [1.807, 2.05) is 6.92 Å². The summed E-state index contributed by atoms with van der Waals surface area (Å²) < 4.78 is 5.09. The average molecular weight is 241 g/mol. The van der Waals surface area contributed by atoms with Crippen LogP contribution in [0.2, 0.25) is 0 Å². The van der Waals surface area contributed by atoms with E-state index in [2.05, 4.69) is 6.92 Å². The number of unbranched alkanes of at least 4 members (excludes halogenated alkanes) is 3. The lowest BCUT2D eigenvalue weighted by Crippen LogP contribution is -2.14. The molecular formula is C13H23NO3. The van der Waals surface area contributed by atoms with Gasteiger partial charge < -0.3 is 10.5 Å². The number of rotatable bonds is 9. The lowest BCUT2D eigenvalue weighted by molar-refractivity contribution is -0.139. The summed E-state index contributed by atoms with van der Waals surface area (Å²) in [5.41, 5.74) is 5.40. The molecule has 0 spiro atoms. The predicted octanol–water partition coefficient (Wildman–Crippen LogP) is 2.32. The van der Waals surface area contributed by atoms with E-state index in [1.165, 1.54) is 0 Å². The van der Waals surface area contributed by atoms with Gasteiger partial charge in [0, 0.05) is 11.6 Å². The van der Waals surface area contributed by atoms with Crippen molar-refractivity contribution in [2.24, 2.45) is 5.73 Å². The number of primary amides is 1. The summed E-state index contributed by atoms with van der Waals surface area (Å²) in [7, 11) is 0. The zero-order valence-electron chi connectivity index (χ0n) is 10.8. The van der Waals surface area contributed by atoms with Crippen LogP contribution in [-0.4, -0.2) is 18.5 Å². The molecule has 0 bridgehead atoms. The van der Waals surface area contributed by atoms with E-state index >= 15 is 0 Å². The number of hydrogen-bond donors (Lipinski definition) is 1. The van der Waals surface area contributed by atoms with Crippen molar-refractivity contribution in [1.82, 2.24) is 0 Å². The number of esters is 1. The highest BCUT2D eigenvalue weighted by atomic mass is 16.5. The monoisotopic (exact) mass is 241 g/mol. The summed E-state index contributed by atoms with van der Waals surface area (Å²) in [5.74, 6) is -1.02. The molecule has 0 aromatic heterocycles. The normalized spacial score (nSPS) is 11.3. The van der Waals surface area contributed by atoms with E-state index < -0.39 is 11.9 Å². The van der Waals surface area contributed by atoms with Crippen molar-refractivity contribution < 1.29 is 14.3 Å². The van der Waals surface area contributed by atoms with Gasteiger partial charge in [0.1, 0.15) is 0 Å². The SMILES string of the molecule is CCCCCCOC(=O)C(=CC(N)=O)CCC. The van der Waals surface area contributed by atoms with Gasteiger partial charge in [0.2, 0.25) is 5.91 Å². The molecule has 0 atom stereocenters. The van der Waals surface area contributed by atoms with Gasteiger partial charge in [-0.3, -0.25) is 4.79 Å². The number of nitrogens with two attached hydrogens (primary N) is 1. The Morgan fingerprint density at radius 3 is 2.35 bits per heavy atom. The molecule has 98 valence electrons. The fourth-order valence-electron chi connectivity index (χ4n) is 1.46. The fraction of sp³-hybridized carbons (Fsp3) is 0.692. The Morgan fingerprint density at radius 2 is 1.82 bits per heavy atom. The highest BCUT2D eigenvalue weighted by Gasteiger charge is 2.10. The summed E-state index contributed by atoms with van der Waals surface area (Å²) in [6.45, 7) is 4.48. The largest absolute Gasteiger partial charge is 0.462 e. The van der Waals surface area contributed by atoms with E-state index in [-0.39, 0.29) is 0 Å². The lowest BCUT2D eigenvalue weighted by atomic mass is 10.1. The molecule has 4 heteroatoms. The summed E-state index contributed by atoms with van der Waals surface area (Å²) >= 11 is 0. The fourth-order valence-corrected chi connectivity index (χ4v) is 1.46. The van der Waals surface area contributed by atoms with Crippen LogP contribution in [0.1, 0.15) is 52.4 Å². The summed E-state index contributed by atoms with van der Waals surface area (Å²) in [4.78, 5) is 22.3. The third-order valence-corrected chi connectivity index (χ3v) is 2.33. The molecule has 1 amide bonds. The Hall–Kier alpha value is -1.32. The van der Waals surface area contributed by atoms with Crippen molar-refractivity contribution in [3.8, 4) is 0 Å². The molecule has 0 heterocycles. The lowest BCUT2D eigenvalue weighted by Gasteiger charge is -2.06. The van der Waals surface area contributed by atoms with Gasteiger partial charge in [0.25, 0.3) is 0 Å². The topological polar surface area (TPSA) is 69.4 Å². The highest BCUT2D eigenvalue weighted by Crippen LogP contribution is 2.08. The maximum absolute atomic E-state index is 11.6. The molecule has 0 saturated carbocycles. The minimum absolute atomic E-state index is 0.371. The van der Waals surface area contributed by atoms with E-state index in [0.29, 0.717) is 18.6 Å². The van der Waals surface area contributed by atoms with Gasteiger partial charge in [-0.25, -0.2) is 4.79 Å². The molecule has 0 aliphatic heterocycles. The van der Waals surface area contributed by atoms with Crippen LogP contribution >= 0.6 is 0 Å². The average Bonchev–Trinajstić information content (AvgIpc) is 2.27.